The summed E-state index contributed by atoms with van der Waals surface area (Å²) >= 11 is 0. The first-order valence-electron chi connectivity index (χ1n) is 16.5. The number of benzene rings is 1. The monoisotopic (exact) mass is 659 g/mol. The lowest BCUT2D eigenvalue weighted by Crippen LogP contribution is -2.56. The second kappa shape index (κ2) is 13.7. The van der Waals surface area contributed by atoms with Crippen LogP contribution in [0.1, 0.15) is 68.0 Å². The number of carbonyl (C=O) groups excluding carboxylic acids is 5. The number of nitrogens with zero attached hydrogens (tertiary/aromatic N) is 1. The van der Waals surface area contributed by atoms with Crippen LogP contribution in [0, 0.1) is 30.6 Å². The van der Waals surface area contributed by atoms with Crippen molar-refractivity contribution >= 4 is 46.3 Å². The number of fused-ring (bicyclic) bond motifs is 1. The number of nitrogens with two attached hydrogens (primary N) is 1. The van der Waals surface area contributed by atoms with Crippen molar-refractivity contribution in [1.29, 1.82) is 0 Å². The van der Waals surface area contributed by atoms with Crippen LogP contribution in [-0.4, -0.2) is 52.4 Å². The zero-order chi connectivity index (χ0) is 34.1. The van der Waals surface area contributed by atoms with Gasteiger partial charge in [0.2, 0.25) is 11.8 Å². The van der Waals surface area contributed by atoms with E-state index < -0.39 is 41.4 Å². The molecule has 4 amide bonds. The summed E-state index contributed by atoms with van der Waals surface area (Å²) in [7, 11) is 0. The molecule has 0 spiro atoms. The maximum absolute atomic E-state index is 13.6. The molecule has 0 radical (unpaired) electrons. The van der Waals surface area contributed by atoms with Crippen LogP contribution in [-0.2, 0) is 30.5 Å². The Morgan fingerprint density at radius 3 is 2.31 bits per heavy atom. The van der Waals surface area contributed by atoms with E-state index in [1.54, 1.807) is 37.3 Å². The predicted molar refractivity (Wildman–Crippen MR) is 174 cm³/mol. The Bertz CT molecular complexity index is 1780. The highest BCUT2D eigenvalue weighted by Crippen LogP contribution is 2.53. The van der Waals surface area contributed by atoms with Crippen LogP contribution in [0.4, 0.5) is 5.69 Å². The van der Waals surface area contributed by atoms with Crippen molar-refractivity contribution in [2.45, 2.75) is 83.5 Å². The Kier molecular flexibility index (Phi) is 9.38. The van der Waals surface area contributed by atoms with Crippen molar-refractivity contribution in [3.63, 3.8) is 0 Å². The van der Waals surface area contributed by atoms with Crippen LogP contribution in [0.15, 0.2) is 51.8 Å². The summed E-state index contributed by atoms with van der Waals surface area (Å²) in [5.74, 6) is -0.877. The van der Waals surface area contributed by atoms with Gasteiger partial charge in [-0.05, 0) is 93.7 Å². The zero-order valence-electron chi connectivity index (χ0n) is 27.0. The molecular weight excluding hydrogens is 618 g/mol. The number of primary amides is 1. The van der Waals surface area contributed by atoms with Gasteiger partial charge in [-0.25, -0.2) is 0 Å². The third kappa shape index (κ3) is 6.99. The lowest BCUT2D eigenvalue weighted by atomic mass is 9.54. The summed E-state index contributed by atoms with van der Waals surface area (Å²) in [5.41, 5.74) is 5.75. The standard InChI is InChI=1S/C35H41N5O8/c1-18-24-6-3-4-8-27(24)48-31(18)34(45)37-25(9-10-28(32(36)43)47-19(2)41)33(44)38-26-7-5-11-40(35(26)46)17-29(42)39-30-22-13-20-12-21(15-22)16-23(30)14-20/h3-8,11,20-23,25,28,30H,9-10,12-17H2,1-2H3,(H2,36,43)(H,37,45)(H,38,44)(H,39,42)/t20?,21?,22?,23?,25-,28?,30?/m0/s1. The van der Waals surface area contributed by atoms with Gasteiger partial charge in [-0.2, -0.15) is 0 Å². The fourth-order valence-electron chi connectivity index (χ4n) is 8.18. The first kappa shape index (κ1) is 33.0. The lowest BCUT2D eigenvalue weighted by Gasteiger charge is -2.54. The Morgan fingerprint density at radius 2 is 1.67 bits per heavy atom. The van der Waals surface area contributed by atoms with E-state index in [-0.39, 0.29) is 42.8 Å². The molecule has 2 aromatic heterocycles. The van der Waals surface area contributed by atoms with E-state index in [0.717, 1.165) is 49.8 Å². The maximum Gasteiger partial charge on any atom is 0.303 e. The van der Waals surface area contributed by atoms with Gasteiger partial charge in [0, 0.05) is 30.1 Å². The topological polar surface area (TPSA) is 192 Å². The van der Waals surface area contributed by atoms with Crippen molar-refractivity contribution in [2.24, 2.45) is 29.4 Å². The van der Waals surface area contributed by atoms with Gasteiger partial charge in [0.1, 0.15) is 23.9 Å². The number of esters is 1. The van der Waals surface area contributed by atoms with E-state index >= 15 is 0 Å². The second-order valence-corrected chi connectivity index (χ2v) is 13.5. The van der Waals surface area contributed by atoms with Gasteiger partial charge in [-0.3, -0.25) is 28.8 Å². The summed E-state index contributed by atoms with van der Waals surface area (Å²) in [6, 6.07) is 8.86. The summed E-state index contributed by atoms with van der Waals surface area (Å²) in [4.78, 5) is 77.0. The van der Waals surface area contributed by atoms with Crippen LogP contribution in [0.3, 0.4) is 0 Å². The van der Waals surface area contributed by atoms with Crippen LogP contribution >= 0.6 is 0 Å². The first-order valence-corrected chi connectivity index (χ1v) is 16.5. The molecule has 1 aromatic carbocycles. The molecule has 7 rings (SSSR count). The molecule has 1 unspecified atom stereocenters. The fraction of sp³-hybridized carbons (Fsp3) is 0.486. The minimum absolute atomic E-state index is 0.00680. The Hall–Kier alpha value is -4.94. The number of pyridine rings is 1. The van der Waals surface area contributed by atoms with Gasteiger partial charge in [0.05, 0.1) is 0 Å². The fourth-order valence-corrected chi connectivity index (χ4v) is 8.18. The smallest absolute Gasteiger partial charge is 0.303 e. The Labute approximate surface area is 276 Å². The molecule has 48 heavy (non-hydrogen) atoms. The first-order chi connectivity index (χ1) is 23.0. The minimum atomic E-state index is -1.34. The molecule has 4 aliphatic rings. The minimum Gasteiger partial charge on any atom is -0.452 e. The number of aromatic nitrogens is 1. The van der Waals surface area contributed by atoms with Crippen molar-refractivity contribution in [3.05, 3.63) is 64.3 Å². The molecule has 13 nitrogen and oxygen atoms in total. The average molecular weight is 660 g/mol. The molecule has 0 saturated heterocycles. The van der Waals surface area contributed by atoms with Gasteiger partial charge in [0.25, 0.3) is 17.4 Å². The van der Waals surface area contributed by atoms with E-state index in [9.17, 15) is 28.8 Å². The van der Waals surface area contributed by atoms with Crippen LogP contribution < -0.4 is 27.2 Å². The average Bonchev–Trinajstić information content (AvgIpc) is 3.37. The van der Waals surface area contributed by atoms with Gasteiger partial charge in [-0.1, -0.05) is 18.2 Å². The molecular formula is C35H41N5O8. The van der Waals surface area contributed by atoms with Crippen LogP contribution in [0.2, 0.25) is 0 Å². The van der Waals surface area contributed by atoms with Gasteiger partial charge < -0.3 is 35.4 Å². The number of aryl methyl sites for hydroxylation is 1. The van der Waals surface area contributed by atoms with Crippen molar-refractivity contribution in [1.82, 2.24) is 15.2 Å². The van der Waals surface area contributed by atoms with E-state index in [0.29, 0.717) is 23.0 Å². The normalized spacial score (nSPS) is 23.7. The van der Waals surface area contributed by atoms with Gasteiger partial charge in [0.15, 0.2) is 11.9 Å². The number of rotatable bonds is 12. The molecule has 3 aromatic rings. The van der Waals surface area contributed by atoms with Crippen molar-refractivity contribution in [2.75, 3.05) is 5.32 Å². The number of furan rings is 1. The number of carbonyl (C=O) groups is 5. The number of hydrogen-bond acceptors (Lipinski definition) is 8. The SMILES string of the molecule is CC(=O)OC(CC[C@H](NC(=O)c1oc2ccccc2c1C)C(=O)Nc1cccn(CC(=O)NC2C3CC4CC(C3)CC2C4)c1=O)C(N)=O. The number of nitrogens with one attached hydrogen (secondary N) is 3. The number of anilines is 1. The molecule has 5 N–H and O–H groups in total. The van der Waals surface area contributed by atoms with E-state index in [2.05, 4.69) is 16.0 Å². The Morgan fingerprint density at radius 1 is 0.979 bits per heavy atom. The molecule has 13 heteroatoms. The highest BCUT2D eigenvalue weighted by Gasteiger charge is 2.48. The lowest BCUT2D eigenvalue weighted by molar-refractivity contribution is -0.153. The van der Waals surface area contributed by atoms with Crippen LogP contribution in [0.5, 0.6) is 0 Å². The number of amides is 4. The second-order valence-electron chi connectivity index (χ2n) is 13.5. The summed E-state index contributed by atoms with van der Waals surface area (Å²) < 4.78 is 12.0. The Balaban J connectivity index is 1.16. The molecule has 254 valence electrons. The highest BCUT2D eigenvalue weighted by atomic mass is 16.5. The van der Waals surface area contributed by atoms with Gasteiger partial charge in [-0.15, -0.1) is 0 Å². The predicted octanol–water partition coefficient (Wildman–Crippen LogP) is 2.78. The number of ether oxygens (including phenoxy) is 1. The summed E-state index contributed by atoms with van der Waals surface area (Å²) in [6.45, 7) is 2.63. The number of para-hydroxylation sites is 1. The summed E-state index contributed by atoms with van der Waals surface area (Å²) in [5, 5.41) is 9.12. The molecule has 0 aliphatic heterocycles. The largest absolute Gasteiger partial charge is 0.452 e. The van der Waals surface area contributed by atoms with E-state index in [1.165, 1.54) is 23.3 Å². The summed E-state index contributed by atoms with van der Waals surface area (Å²) in [6.07, 6.45) is 5.68. The van der Waals surface area contributed by atoms with E-state index in [4.69, 9.17) is 14.9 Å². The molecule has 4 saturated carbocycles. The third-order valence-corrected chi connectivity index (χ3v) is 10.2. The molecule has 4 bridgehead atoms. The van der Waals surface area contributed by atoms with Crippen molar-refractivity contribution < 1.29 is 33.1 Å². The zero-order valence-corrected chi connectivity index (χ0v) is 27.0. The molecule has 4 aliphatic carbocycles. The molecule has 2 atom stereocenters. The number of hydrogen-bond donors (Lipinski definition) is 4. The maximum atomic E-state index is 13.6. The van der Waals surface area contributed by atoms with Crippen molar-refractivity contribution in [3.8, 4) is 0 Å². The third-order valence-electron chi connectivity index (χ3n) is 10.2. The molecule has 2 heterocycles. The van der Waals surface area contributed by atoms with Gasteiger partial charge >= 0.3 is 5.97 Å². The highest BCUT2D eigenvalue weighted by molar-refractivity contribution is 6.03. The quantitative estimate of drug-likeness (QED) is 0.213. The van der Waals surface area contributed by atoms with E-state index in [1.807, 2.05) is 0 Å². The molecule has 4 fully saturated rings. The van der Waals surface area contributed by atoms with Crippen LogP contribution in [0.25, 0.3) is 11.0 Å².